The minimum Gasteiger partial charge on any atom is -0.493 e. The molecular formula is C19H22N2O5. The van der Waals surface area contributed by atoms with Crippen molar-refractivity contribution < 1.29 is 19.2 Å². The van der Waals surface area contributed by atoms with Crippen LogP contribution < -0.4 is 14.8 Å². The summed E-state index contributed by atoms with van der Waals surface area (Å²) in [5, 5.41) is 13.7. The molecule has 0 fully saturated rings. The summed E-state index contributed by atoms with van der Waals surface area (Å²) in [4.78, 5) is 22.7. The molecule has 0 heterocycles. The Labute approximate surface area is 152 Å². The fourth-order valence-electron chi connectivity index (χ4n) is 2.41. The van der Waals surface area contributed by atoms with E-state index in [-0.39, 0.29) is 23.2 Å². The van der Waals surface area contributed by atoms with Crippen molar-refractivity contribution in [3.63, 3.8) is 0 Å². The van der Waals surface area contributed by atoms with Gasteiger partial charge in [-0.1, -0.05) is 19.1 Å². The van der Waals surface area contributed by atoms with Gasteiger partial charge in [-0.15, -0.1) is 0 Å². The Balaban J connectivity index is 2.13. The van der Waals surface area contributed by atoms with Gasteiger partial charge in [0.2, 0.25) is 0 Å². The van der Waals surface area contributed by atoms with E-state index in [2.05, 4.69) is 5.32 Å². The van der Waals surface area contributed by atoms with Crippen LogP contribution in [0.15, 0.2) is 42.5 Å². The van der Waals surface area contributed by atoms with Crippen molar-refractivity contribution in [2.75, 3.05) is 13.7 Å². The molecule has 0 saturated carbocycles. The van der Waals surface area contributed by atoms with Gasteiger partial charge in [-0.3, -0.25) is 14.9 Å². The van der Waals surface area contributed by atoms with Gasteiger partial charge < -0.3 is 14.8 Å². The summed E-state index contributed by atoms with van der Waals surface area (Å²) >= 11 is 0. The molecule has 2 rings (SSSR count). The summed E-state index contributed by atoms with van der Waals surface area (Å²) in [6.07, 6.45) is 0.889. The van der Waals surface area contributed by atoms with Crippen molar-refractivity contribution in [1.82, 2.24) is 5.32 Å². The van der Waals surface area contributed by atoms with Gasteiger partial charge in [0.15, 0.2) is 11.5 Å². The molecule has 138 valence electrons. The Morgan fingerprint density at radius 1 is 1.23 bits per heavy atom. The molecule has 0 saturated heterocycles. The average Bonchev–Trinajstić information content (AvgIpc) is 2.66. The molecule has 0 bridgehead atoms. The van der Waals surface area contributed by atoms with Gasteiger partial charge in [-0.25, -0.2) is 0 Å². The van der Waals surface area contributed by atoms with E-state index in [1.165, 1.54) is 24.3 Å². The molecule has 0 aliphatic carbocycles. The largest absolute Gasteiger partial charge is 0.493 e. The second-order valence-electron chi connectivity index (χ2n) is 5.76. The molecule has 0 aliphatic rings. The van der Waals surface area contributed by atoms with Crippen LogP contribution in [-0.2, 0) is 0 Å². The molecule has 1 N–H and O–H groups in total. The van der Waals surface area contributed by atoms with Crippen LogP contribution in [0, 0.1) is 10.1 Å². The standard InChI is InChI=1S/C19H22N2O5/c1-4-10-26-17-9-8-14(12-18(17)25-3)13(2)20-19(22)15-6-5-7-16(11-15)21(23)24/h5-9,11-13H,4,10H2,1-3H3,(H,20,22). The highest BCUT2D eigenvalue weighted by Gasteiger charge is 2.16. The zero-order chi connectivity index (χ0) is 19.1. The maximum Gasteiger partial charge on any atom is 0.270 e. The summed E-state index contributed by atoms with van der Waals surface area (Å²) in [6.45, 7) is 4.44. The molecule has 2 aromatic carbocycles. The summed E-state index contributed by atoms with van der Waals surface area (Å²) in [6, 6.07) is 10.8. The summed E-state index contributed by atoms with van der Waals surface area (Å²) in [5.41, 5.74) is 0.954. The second kappa shape index (κ2) is 8.84. The molecule has 26 heavy (non-hydrogen) atoms. The monoisotopic (exact) mass is 358 g/mol. The van der Waals surface area contributed by atoms with Crippen molar-refractivity contribution in [1.29, 1.82) is 0 Å². The van der Waals surface area contributed by atoms with Gasteiger partial charge in [0.05, 0.1) is 24.7 Å². The highest BCUT2D eigenvalue weighted by Crippen LogP contribution is 2.30. The Hall–Kier alpha value is -3.09. The second-order valence-corrected chi connectivity index (χ2v) is 5.76. The van der Waals surface area contributed by atoms with Crippen molar-refractivity contribution in [2.45, 2.75) is 26.3 Å². The van der Waals surface area contributed by atoms with Crippen LogP contribution in [0.1, 0.15) is 42.2 Å². The van der Waals surface area contributed by atoms with E-state index < -0.39 is 4.92 Å². The van der Waals surface area contributed by atoms with Crippen LogP contribution >= 0.6 is 0 Å². The van der Waals surface area contributed by atoms with E-state index in [1.807, 2.05) is 26.0 Å². The molecule has 7 nitrogen and oxygen atoms in total. The Bertz CT molecular complexity index is 791. The van der Waals surface area contributed by atoms with Gasteiger partial charge in [-0.05, 0) is 37.1 Å². The lowest BCUT2D eigenvalue weighted by molar-refractivity contribution is -0.384. The third-order valence-electron chi connectivity index (χ3n) is 3.82. The number of nitro groups is 1. The molecule has 0 aliphatic heterocycles. The molecule has 0 spiro atoms. The summed E-state index contributed by atoms with van der Waals surface area (Å²) in [5.74, 6) is 0.856. The molecule has 1 unspecified atom stereocenters. The van der Waals surface area contributed by atoms with Gasteiger partial charge in [0.25, 0.3) is 11.6 Å². The zero-order valence-electron chi connectivity index (χ0n) is 15.0. The van der Waals surface area contributed by atoms with E-state index >= 15 is 0 Å². The number of nitro benzene ring substituents is 1. The molecule has 0 aromatic heterocycles. The first-order valence-electron chi connectivity index (χ1n) is 8.32. The van der Waals surface area contributed by atoms with Gasteiger partial charge in [-0.2, -0.15) is 0 Å². The summed E-state index contributed by atoms with van der Waals surface area (Å²) in [7, 11) is 1.56. The molecule has 1 atom stereocenters. The molecular weight excluding hydrogens is 336 g/mol. The molecule has 1 amide bonds. The number of nitrogens with zero attached hydrogens (tertiary/aromatic N) is 1. The van der Waals surface area contributed by atoms with Crippen molar-refractivity contribution in [3.05, 3.63) is 63.7 Å². The topological polar surface area (TPSA) is 90.7 Å². The fourth-order valence-corrected chi connectivity index (χ4v) is 2.41. The maximum atomic E-state index is 12.4. The highest BCUT2D eigenvalue weighted by molar-refractivity contribution is 5.95. The van der Waals surface area contributed by atoms with Crippen LogP contribution in [0.2, 0.25) is 0 Å². The minimum absolute atomic E-state index is 0.121. The Morgan fingerprint density at radius 3 is 2.65 bits per heavy atom. The van der Waals surface area contributed by atoms with Crippen molar-refractivity contribution >= 4 is 11.6 Å². The van der Waals surface area contributed by atoms with Gasteiger partial charge in [0, 0.05) is 17.7 Å². The van der Waals surface area contributed by atoms with Gasteiger partial charge in [0.1, 0.15) is 0 Å². The van der Waals surface area contributed by atoms with Gasteiger partial charge >= 0.3 is 0 Å². The molecule has 7 heteroatoms. The quantitative estimate of drug-likeness (QED) is 0.571. The van der Waals surface area contributed by atoms with Crippen LogP contribution in [0.4, 0.5) is 5.69 Å². The first-order valence-corrected chi connectivity index (χ1v) is 8.32. The van der Waals surface area contributed by atoms with E-state index in [0.717, 1.165) is 12.0 Å². The maximum absolute atomic E-state index is 12.4. The van der Waals surface area contributed by atoms with E-state index in [4.69, 9.17) is 9.47 Å². The average molecular weight is 358 g/mol. The predicted octanol–water partition coefficient (Wildman–Crippen LogP) is 3.88. The third kappa shape index (κ3) is 4.72. The summed E-state index contributed by atoms with van der Waals surface area (Å²) < 4.78 is 11.0. The smallest absolute Gasteiger partial charge is 0.270 e. The van der Waals surface area contributed by atoms with E-state index in [1.54, 1.807) is 13.2 Å². The normalized spacial score (nSPS) is 11.5. The Kier molecular flexibility index (Phi) is 6.54. The highest BCUT2D eigenvalue weighted by atomic mass is 16.6. The Morgan fingerprint density at radius 2 is 2.00 bits per heavy atom. The fraction of sp³-hybridized carbons (Fsp3) is 0.316. The van der Waals surface area contributed by atoms with Crippen LogP contribution in [0.25, 0.3) is 0 Å². The number of ether oxygens (including phenoxy) is 2. The predicted molar refractivity (Wildman–Crippen MR) is 97.8 cm³/mol. The zero-order valence-corrected chi connectivity index (χ0v) is 15.0. The number of carbonyl (C=O) groups is 1. The number of nitrogens with one attached hydrogen (secondary N) is 1. The number of rotatable bonds is 8. The lowest BCUT2D eigenvalue weighted by atomic mass is 10.1. The number of amides is 1. The van der Waals surface area contributed by atoms with E-state index in [9.17, 15) is 14.9 Å². The number of hydrogen-bond donors (Lipinski definition) is 1. The first-order chi connectivity index (χ1) is 12.5. The van der Waals surface area contributed by atoms with Crippen molar-refractivity contribution in [3.8, 4) is 11.5 Å². The number of carbonyl (C=O) groups excluding carboxylic acids is 1. The number of non-ortho nitro benzene ring substituents is 1. The number of methoxy groups -OCH3 is 1. The molecule has 2 aromatic rings. The van der Waals surface area contributed by atoms with E-state index in [0.29, 0.717) is 18.1 Å². The lowest BCUT2D eigenvalue weighted by Crippen LogP contribution is -2.26. The SMILES string of the molecule is CCCOc1ccc(C(C)NC(=O)c2cccc([N+](=O)[O-])c2)cc1OC. The van der Waals surface area contributed by atoms with Crippen molar-refractivity contribution in [2.24, 2.45) is 0 Å². The van der Waals surface area contributed by atoms with Crippen LogP contribution in [0.5, 0.6) is 11.5 Å². The van der Waals surface area contributed by atoms with Crippen LogP contribution in [-0.4, -0.2) is 24.5 Å². The minimum atomic E-state index is -0.528. The number of hydrogen-bond acceptors (Lipinski definition) is 5. The number of benzene rings is 2. The third-order valence-corrected chi connectivity index (χ3v) is 3.82. The van der Waals surface area contributed by atoms with Crippen LogP contribution in [0.3, 0.4) is 0 Å². The lowest BCUT2D eigenvalue weighted by Gasteiger charge is -2.17. The molecule has 0 radical (unpaired) electrons. The first kappa shape index (κ1) is 19.2.